The van der Waals surface area contributed by atoms with Crippen LogP contribution in [0.5, 0.6) is 0 Å². The molecular weight excluding hydrogens is 332 g/mol. The summed E-state index contributed by atoms with van der Waals surface area (Å²) in [6.45, 7) is 9.84. The fourth-order valence-electron chi connectivity index (χ4n) is 4.32. The van der Waals surface area contributed by atoms with Crippen LogP contribution in [0.3, 0.4) is 0 Å². The summed E-state index contributed by atoms with van der Waals surface area (Å²) in [6.07, 6.45) is 3.84. The summed E-state index contributed by atoms with van der Waals surface area (Å²) < 4.78 is 0. The van der Waals surface area contributed by atoms with Gasteiger partial charge in [0.25, 0.3) is 0 Å². The van der Waals surface area contributed by atoms with Crippen LogP contribution in [-0.2, 0) is 14.4 Å². The first-order valence-electron chi connectivity index (χ1n) is 9.85. The number of fused-ring (bicyclic) bond motifs is 1. The molecule has 2 aliphatic heterocycles. The molecule has 0 radical (unpaired) electrons. The van der Waals surface area contributed by atoms with Gasteiger partial charge in [0.2, 0.25) is 17.7 Å². The smallest absolute Gasteiger partial charge is 0.234 e. The summed E-state index contributed by atoms with van der Waals surface area (Å²) in [6, 6.07) is 0. The van der Waals surface area contributed by atoms with Crippen LogP contribution in [-0.4, -0.2) is 77.4 Å². The van der Waals surface area contributed by atoms with Crippen LogP contribution in [0.25, 0.3) is 0 Å². The van der Waals surface area contributed by atoms with Crippen molar-refractivity contribution in [2.75, 3.05) is 39.4 Å². The lowest BCUT2D eigenvalue weighted by atomic mass is 9.81. The molecule has 146 valence electrons. The number of imide groups is 1. The molecule has 0 unspecified atom stereocenters. The minimum Gasteiger partial charge on any atom is -0.350 e. The minimum atomic E-state index is -0.216. The van der Waals surface area contributed by atoms with Crippen molar-refractivity contribution >= 4 is 17.7 Å². The first kappa shape index (κ1) is 19.3. The van der Waals surface area contributed by atoms with E-state index in [1.807, 2.05) is 20.8 Å². The zero-order valence-electron chi connectivity index (χ0n) is 16.3. The van der Waals surface area contributed by atoms with Crippen LogP contribution in [0, 0.1) is 11.8 Å². The molecule has 26 heavy (non-hydrogen) atoms. The lowest BCUT2D eigenvalue weighted by molar-refractivity contribution is -0.142. The maximum Gasteiger partial charge on any atom is 0.234 e. The van der Waals surface area contributed by atoms with Gasteiger partial charge in [-0.2, -0.15) is 0 Å². The van der Waals surface area contributed by atoms with Crippen LogP contribution in [0.4, 0.5) is 0 Å². The average Bonchev–Trinajstić information content (AvgIpc) is 2.80. The van der Waals surface area contributed by atoms with Crippen molar-refractivity contribution in [3.8, 4) is 0 Å². The van der Waals surface area contributed by atoms with Crippen molar-refractivity contribution in [2.24, 2.45) is 11.8 Å². The molecule has 1 aliphatic carbocycles. The number of piperazine rings is 1. The van der Waals surface area contributed by atoms with Gasteiger partial charge in [0.05, 0.1) is 25.0 Å². The molecule has 0 spiro atoms. The summed E-state index contributed by atoms with van der Waals surface area (Å²) in [5, 5.41) is 2.98. The third kappa shape index (κ3) is 4.43. The molecule has 0 aromatic heterocycles. The number of nitrogens with one attached hydrogen (secondary N) is 1. The van der Waals surface area contributed by atoms with E-state index in [-0.39, 0.29) is 35.1 Å². The van der Waals surface area contributed by atoms with Gasteiger partial charge in [-0.05, 0) is 33.6 Å². The number of likely N-dealkylation sites (tertiary alicyclic amines) is 1. The molecule has 2 atom stereocenters. The summed E-state index contributed by atoms with van der Waals surface area (Å²) in [4.78, 5) is 43.0. The van der Waals surface area contributed by atoms with Gasteiger partial charge >= 0.3 is 0 Å². The van der Waals surface area contributed by atoms with Crippen LogP contribution < -0.4 is 5.32 Å². The first-order valence-corrected chi connectivity index (χ1v) is 9.85. The minimum absolute atomic E-state index is 0.0340. The van der Waals surface area contributed by atoms with E-state index < -0.39 is 0 Å². The van der Waals surface area contributed by atoms with Gasteiger partial charge in [-0.25, -0.2) is 0 Å². The van der Waals surface area contributed by atoms with Crippen molar-refractivity contribution in [3.05, 3.63) is 0 Å². The number of nitrogens with zero attached hydrogens (tertiary/aromatic N) is 3. The van der Waals surface area contributed by atoms with E-state index in [9.17, 15) is 14.4 Å². The van der Waals surface area contributed by atoms with Gasteiger partial charge in [-0.3, -0.25) is 29.1 Å². The van der Waals surface area contributed by atoms with Gasteiger partial charge in [-0.15, -0.1) is 0 Å². The molecule has 1 N–H and O–H groups in total. The number of hydrogen-bond donors (Lipinski definition) is 1. The second kappa shape index (κ2) is 7.64. The van der Waals surface area contributed by atoms with Crippen LogP contribution in [0.1, 0.15) is 46.5 Å². The second-order valence-electron chi connectivity index (χ2n) is 8.94. The fraction of sp³-hybridized carbons (Fsp3) is 0.842. The van der Waals surface area contributed by atoms with E-state index in [1.165, 1.54) is 4.90 Å². The van der Waals surface area contributed by atoms with Gasteiger partial charge in [0.1, 0.15) is 0 Å². The Morgan fingerprint density at radius 3 is 1.96 bits per heavy atom. The molecule has 2 heterocycles. The van der Waals surface area contributed by atoms with Crippen molar-refractivity contribution in [1.82, 2.24) is 20.0 Å². The molecule has 0 aromatic carbocycles. The lowest BCUT2D eigenvalue weighted by Crippen LogP contribution is -2.54. The van der Waals surface area contributed by atoms with E-state index in [0.717, 1.165) is 51.9 Å². The van der Waals surface area contributed by atoms with Crippen molar-refractivity contribution in [2.45, 2.75) is 52.0 Å². The van der Waals surface area contributed by atoms with Gasteiger partial charge in [0, 0.05) is 31.7 Å². The number of carbonyl (C=O) groups excluding carboxylic acids is 3. The zero-order chi connectivity index (χ0) is 18.9. The topological polar surface area (TPSA) is 73.0 Å². The highest BCUT2D eigenvalue weighted by Crippen LogP contribution is 2.38. The summed E-state index contributed by atoms with van der Waals surface area (Å²) in [5.41, 5.74) is -0.216. The van der Waals surface area contributed by atoms with Gasteiger partial charge < -0.3 is 5.32 Å². The highest BCUT2D eigenvalue weighted by atomic mass is 16.2. The largest absolute Gasteiger partial charge is 0.350 e. The Balaban J connectivity index is 1.46. The highest BCUT2D eigenvalue weighted by Gasteiger charge is 2.48. The Morgan fingerprint density at radius 2 is 1.46 bits per heavy atom. The van der Waals surface area contributed by atoms with Crippen LogP contribution >= 0.6 is 0 Å². The molecule has 2 saturated heterocycles. The van der Waals surface area contributed by atoms with E-state index in [4.69, 9.17) is 0 Å². The van der Waals surface area contributed by atoms with Crippen LogP contribution in [0.2, 0.25) is 0 Å². The van der Waals surface area contributed by atoms with Crippen LogP contribution in [0.15, 0.2) is 0 Å². The standard InChI is InChI=1S/C19H32N4O3/c1-19(2,3)20-16(24)12-21-8-10-22(11-9-21)13-23-17(25)14-6-4-5-7-15(14)18(23)26/h14-15H,4-13H2,1-3H3,(H,20,24)/t14-,15+. The Morgan fingerprint density at radius 1 is 0.962 bits per heavy atom. The van der Waals surface area contributed by atoms with Crippen molar-refractivity contribution < 1.29 is 14.4 Å². The fourth-order valence-corrected chi connectivity index (χ4v) is 4.32. The van der Waals surface area contributed by atoms with Gasteiger partial charge in [0.15, 0.2) is 0 Å². The predicted molar refractivity (Wildman–Crippen MR) is 98.1 cm³/mol. The zero-order valence-corrected chi connectivity index (χ0v) is 16.3. The van der Waals surface area contributed by atoms with Crippen molar-refractivity contribution in [1.29, 1.82) is 0 Å². The van der Waals surface area contributed by atoms with E-state index in [0.29, 0.717) is 13.2 Å². The third-order valence-corrected chi connectivity index (χ3v) is 5.62. The Kier molecular flexibility index (Phi) is 5.67. The maximum atomic E-state index is 12.6. The maximum absolute atomic E-state index is 12.6. The molecule has 3 aliphatic rings. The summed E-state index contributed by atoms with van der Waals surface area (Å²) in [5.74, 6) is -0.0319. The summed E-state index contributed by atoms with van der Waals surface area (Å²) in [7, 11) is 0. The monoisotopic (exact) mass is 364 g/mol. The number of rotatable bonds is 4. The Bertz CT molecular complexity index is 540. The number of hydrogen-bond acceptors (Lipinski definition) is 5. The molecule has 3 amide bonds. The summed E-state index contributed by atoms with van der Waals surface area (Å²) >= 11 is 0. The van der Waals surface area contributed by atoms with Gasteiger partial charge in [-0.1, -0.05) is 12.8 Å². The molecule has 3 fully saturated rings. The van der Waals surface area contributed by atoms with E-state index >= 15 is 0 Å². The Labute approximate surface area is 156 Å². The average molecular weight is 364 g/mol. The second-order valence-corrected chi connectivity index (χ2v) is 8.94. The van der Waals surface area contributed by atoms with E-state index in [2.05, 4.69) is 15.1 Å². The molecule has 3 rings (SSSR count). The number of amides is 3. The number of carbonyl (C=O) groups is 3. The van der Waals surface area contributed by atoms with E-state index in [1.54, 1.807) is 0 Å². The first-order chi connectivity index (χ1) is 12.2. The Hall–Kier alpha value is -1.47. The molecule has 0 bridgehead atoms. The molecular formula is C19H32N4O3. The molecule has 7 heteroatoms. The third-order valence-electron chi connectivity index (χ3n) is 5.62. The lowest BCUT2D eigenvalue weighted by Gasteiger charge is -2.36. The normalized spacial score (nSPS) is 28.3. The highest BCUT2D eigenvalue weighted by molar-refractivity contribution is 6.05. The molecule has 0 aromatic rings. The molecule has 1 saturated carbocycles. The van der Waals surface area contributed by atoms with Crippen molar-refractivity contribution in [3.63, 3.8) is 0 Å². The predicted octanol–water partition coefficient (Wildman–Crippen LogP) is 0.651. The molecule has 7 nitrogen and oxygen atoms in total. The quantitative estimate of drug-likeness (QED) is 0.742. The SMILES string of the molecule is CC(C)(C)NC(=O)CN1CCN(CN2C(=O)[C@H]3CCCC[C@H]3C2=O)CC1.